The van der Waals surface area contributed by atoms with E-state index in [0.717, 1.165) is 27.3 Å². The van der Waals surface area contributed by atoms with Gasteiger partial charge in [-0.3, -0.25) is 0 Å². The number of nitrogens with zero attached hydrogens (tertiary/aromatic N) is 1. The van der Waals surface area contributed by atoms with Gasteiger partial charge in [-0.1, -0.05) is 28.1 Å². The number of aromatic nitrogens is 1. The van der Waals surface area contributed by atoms with Crippen molar-refractivity contribution in [2.24, 2.45) is 7.05 Å². The Morgan fingerprint density at radius 3 is 2.45 bits per heavy atom. The Bertz CT molecular complexity index is 778. The molecule has 0 aliphatic carbocycles. The molecule has 2 nitrogen and oxygen atoms in total. The minimum atomic E-state index is 0. The molecule has 1 aromatic carbocycles. The van der Waals surface area contributed by atoms with Gasteiger partial charge < -0.3 is 28.4 Å². The van der Waals surface area contributed by atoms with E-state index in [1.54, 1.807) is 0 Å². The van der Waals surface area contributed by atoms with Crippen molar-refractivity contribution in [1.29, 1.82) is 0 Å². The summed E-state index contributed by atoms with van der Waals surface area (Å²) in [7, 11) is 2.02. The number of hydrogen-bond donors (Lipinski definition) is 0. The fourth-order valence-corrected chi connectivity index (χ4v) is 2.35. The molecule has 0 aliphatic heterocycles. The second kappa shape index (κ2) is 7.74. The lowest BCUT2D eigenvalue weighted by atomic mass is 10.2. The van der Waals surface area contributed by atoms with Crippen molar-refractivity contribution < 1.29 is 33.0 Å². The van der Waals surface area contributed by atoms with E-state index in [-0.39, 0.29) is 24.0 Å². The van der Waals surface area contributed by atoms with Crippen LogP contribution in [0.4, 0.5) is 0 Å². The molecule has 0 unspecified atom stereocenters. The summed E-state index contributed by atoms with van der Waals surface area (Å²) in [6, 6.07) is 18.2. The molecule has 0 spiro atoms. The van der Waals surface area contributed by atoms with Crippen LogP contribution in [0.5, 0.6) is 0 Å². The Morgan fingerprint density at radius 1 is 0.955 bits per heavy atom. The van der Waals surface area contributed by atoms with Crippen LogP contribution in [0, 0.1) is 0 Å². The summed E-state index contributed by atoms with van der Waals surface area (Å²) in [6.45, 7) is 0. The van der Waals surface area contributed by atoms with Crippen LogP contribution in [0.2, 0.25) is 0 Å². The van der Waals surface area contributed by atoms with Gasteiger partial charge in [0.25, 0.3) is 0 Å². The van der Waals surface area contributed by atoms with Crippen molar-refractivity contribution >= 4 is 28.1 Å². The minimum absolute atomic E-state index is 0. The highest BCUT2D eigenvalue weighted by molar-refractivity contribution is 9.10. The van der Waals surface area contributed by atoms with Gasteiger partial charge in [-0.2, -0.15) is 0 Å². The highest BCUT2D eigenvalue weighted by Gasteiger charge is 2.04. The fraction of sp³-hybridized carbons (Fsp3) is 0.0556. The molecule has 3 rings (SSSR count). The van der Waals surface area contributed by atoms with E-state index < -0.39 is 0 Å². The summed E-state index contributed by atoms with van der Waals surface area (Å²) in [5.74, 6) is 1.72. The highest BCUT2D eigenvalue weighted by atomic mass is 127. The van der Waals surface area contributed by atoms with Crippen LogP contribution in [0.3, 0.4) is 0 Å². The molecule has 0 fully saturated rings. The molecule has 3 aromatic rings. The maximum atomic E-state index is 5.86. The maximum Gasteiger partial charge on any atom is 0.205 e. The summed E-state index contributed by atoms with van der Waals surface area (Å²) >= 11 is 3.44. The summed E-state index contributed by atoms with van der Waals surface area (Å²) in [5, 5.41) is 0. The largest absolute Gasteiger partial charge is 1.00 e. The van der Waals surface area contributed by atoms with E-state index in [4.69, 9.17) is 4.42 Å². The normalized spacial score (nSPS) is 10.6. The van der Waals surface area contributed by atoms with Gasteiger partial charge in [0.1, 0.15) is 18.6 Å². The van der Waals surface area contributed by atoms with E-state index in [1.807, 2.05) is 73.9 Å². The molecule has 22 heavy (non-hydrogen) atoms. The number of furan rings is 1. The summed E-state index contributed by atoms with van der Waals surface area (Å²) in [4.78, 5) is 0. The maximum absolute atomic E-state index is 5.86. The van der Waals surface area contributed by atoms with Gasteiger partial charge in [-0.25, -0.2) is 4.57 Å². The van der Waals surface area contributed by atoms with Crippen molar-refractivity contribution in [3.8, 4) is 11.3 Å². The lowest BCUT2D eigenvalue weighted by Crippen LogP contribution is -3.00. The zero-order valence-electron chi connectivity index (χ0n) is 12.0. The van der Waals surface area contributed by atoms with E-state index >= 15 is 0 Å². The topological polar surface area (TPSA) is 17.0 Å². The van der Waals surface area contributed by atoms with Crippen LogP contribution in [-0.2, 0) is 7.05 Å². The van der Waals surface area contributed by atoms with Crippen LogP contribution >= 0.6 is 15.9 Å². The molecule has 0 amide bonds. The molecule has 0 N–H and O–H groups in total. The van der Waals surface area contributed by atoms with E-state index in [9.17, 15) is 0 Å². The van der Waals surface area contributed by atoms with Gasteiger partial charge in [0, 0.05) is 28.2 Å². The van der Waals surface area contributed by atoms with Gasteiger partial charge in [0.05, 0.1) is 0 Å². The summed E-state index contributed by atoms with van der Waals surface area (Å²) < 4.78 is 8.99. The summed E-state index contributed by atoms with van der Waals surface area (Å²) in [6.07, 6.45) is 6.05. The molecule has 0 radical (unpaired) electrons. The number of benzene rings is 1. The third-order valence-corrected chi connectivity index (χ3v) is 3.80. The standard InChI is InChI=1S/C18H15BrNO.HI/c1-20-13-3-2-4-16(20)9-10-17-11-12-18(21-17)14-5-7-15(19)8-6-14;/h2-13H,1H3;1H/q+1;/p-1/b10-9+;. The van der Waals surface area contributed by atoms with Gasteiger partial charge in [-0.15, -0.1) is 0 Å². The van der Waals surface area contributed by atoms with Crippen LogP contribution in [0.1, 0.15) is 11.5 Å². The van der Waals surface area contributed by atoms with Crippen LogP contribution in [0.25, 0.3) is 23.5 Å². The molecule has 2 aromatic heterocycles. The van der Waals surface area contributed by atoms with Gasteiger partial charge in [0.2, 0.25) is 5.69 Å². The van der Waals surface area contributed by atoms with Crippen molar-refractivity contribution in [3.63, 3.8) is 0 Å². The lowest BCUT2D eigenvalue weighted by Gasteiger charge is -1.96. The first kappa shape index (κ1) is 17.0. The molecule has 0 bridgehead atoms. The molecule has 4 heteroatoms. The monoisotopic (exact) mass is 467 g/mol. The average Bonchev–Trinajstić information content (AvgIpc) is 2.96. The molecular weight excluding hydrogens is 453 g/mol. The number of pyridine rings is 1. The second-order valence-corrected chi connectivity index (χ2v) is 5.69. The molecule has 0 saturated carbocycles. The Balaban J connectivity index is 0.00000176. The van der Waals surface area contributed by atoms with Crippen LogP contribution < -0.4 is 28.5 Å². The van der Waals surface area contributed by atoms with Crippen molar-refractivity contribution in [3.05, 3.63) is 76.7 Å². The van der Waals surface area contributed by atoms with E-state index in [2.05, 4.69) is 26.6 Å². The predicted octanol–water partition coefficient (Wildman–Crippen LogP) is 1.71. The minimum Gasteiger partial charge on any atom is -1.00 e. The zero-order valence-corrected chi connectivity index (χ0v) is 15.8. The van der Waals surface area contributed by atoms with E-state index in [0.29, 0.717) is 0 Å². The number of hydrogen-bond acceptors (Lipinski definition) is 1. The molecule has 0 atom stereocenters. The number of rotatable bonds is 3. The number of aryl methyl sites for hydroxylation is 1. The molecular formula is C18H15BrINO. The first-order valence-electron chi connectivity index (χ1n) is 6.71. The predicted molar refractivity (Wildman–Crippen MR) is 88.4 cm³/mol. The zero-order chi connectivity index (χ0) is 14.7. The Kier molecular flexibility index (Phi) is 5.97. The van der Waals surface area contributed by atoms with Crippen LogP contribution in [-0.4, -0.2) is 0 Å². The average molecular weight is 468 g/mol. The van der Waals surface area contributed by atoms with Crippen LogP contribution in [0.15, 0.2) is 69.7 Å². The SMILES string of the molecule is C[n+]1ccccc1/C=C/c1ccc(-c2ccc(Br)cc2)o1.[I-]. The van der Waals surface area contributed by atoms with Crippen molar-refractivity contribution in [1.82, 2.24) is 0 Å². The van der Waals surface area contributed by atoms with Crippen molar-refractivity contribution in [2.45, 2.75) is 0 Å². The first-order chi connectivity index (χ1) is 10.2. The molecule has 112 valence electrons. The Morgan fingerprint density at radius 2 is 1.73 bits per heavy atom. The molecule has 0 saturated heterocycles. The first-order valence-corrected chi connectivity index (χ1v) is 7.50. The lowest BCUT2D eigenvalue weighted by molar-refractivity contribution is -0.673. The van der Waals surface area contributed by atoms with Crippen molar-refractivity contribution in [2.75, 3.05) is 0 Å². The van der Waals surface area contributed by atoms with E-state index in [1.165, 1.54) is 0 Å². The fourth-order valence-electron chi connectivity index (χ4n) is 2.09. The third kappa shape index (κ3) is 4.08. The van der Waals surface area contributed by atoms with Gasteiger partial charge in [-0.05, 0) is 36.4 Å². The second-order valence-electron chi connectivity index (χ2n) is 4.78. The van der Waals surface area contributed by atoms with Gasteiger partial charge >= 0.3 is 0 Å². The quantitative estimate of drug-likeness (QED) is 0.423. The Hall–Kier alpha value is -1.40. The molecule has 0 aliphatic rings. The van der Waals surface area contributed by atoms with Gasteiger partial charge in [0.15, 0.2) is 6.20 Å². The highest BCUT2D eigenvalue weighted by Crippen LogP contribution is 2.24. The third-order valence-electron chi connectivity index (χ3n) is 3.27. The Labute approximate surface area is 155 Å². The molecule has 2 heterocycles. The smallest absolute Gasteiger partial charge is 0.205 e. The summed E-state index contributed by atoms with van der Waals surface area (Å²) in [5.41, 5.74) is 2.20. The number of halogens is 2.